The minimum atomic E-state index is -0.214. The van der Waals surface area contributed by atoms with Gasteiger partial charge in [0.05, 0.1) is 16.7 Å². The molecule has 30 heavy (non-hydrogen) atoms. The van der Waals surface area contributed by atoms with Crippen LogP contribution in [0, 0.1) is 6.92 Å². The number of fused-ring (bicyclic) bond motifs is 3. The quantitative estimate of drug-likeness (QED) is 0.725. The van der Waals surface area contributed by atoms with E-state index in [2.05, 4.69) is 15.0 Å². The van der Waals surface area contributed by atoms with Crippen LogP contribution in [0.5, 0.6) is 0 Å². The third kappa shape index (κ3) is 3.28. The zero-order valence-corrected chi connectivity index (χ0v) is 17.1. The summed E-state index contributed by atoms with van der Waals surface area (Å²) in [5.41, 5.74) is 3.98. The molecule has 1 spiro atoms. The minimum Gasteiger partial charge on any atom is -0.342 e. The fraction of sp³-hybridized carbons (Fsp3) is 0.435. The van der Waals surface area contributed by atoms with E-state index in [1.54, 1.807) is 0 Å². The molecule has 154 valence electrons. The molecule has 1 aliphatic carbocycles. The molecule has 2 aromatic heterocycles. The lowest BCUT2D eigenvalue weighted by Crippen LogP contribution is -2.48. The Labute approximate surface area is 174 Å². The Bertz CT molecular complexity index is 1180. The summed E-state index contributed by atoms with van der Waals surface area (Å²) >= 11 is 0. The molecule has 1 aliphatic heterocycles. The van der Waals surface area contributed by atoms with Crippen molar-refractivity contribution in [3.63, 3.8) is 0 Å². The third-order valence-corrected chi connectivity index (χ3v) is 6.54. The normalized spacial score (nSPS) is 20.6. The average Bonchev–Trinajstić information content (AvgIpc) is 3.09. The summed E-state index contributed by atoms with van der Waals surface area (Å²) in [5, 5.41) is 0. The Hall–Kier alpha value is -3.09. The number of likely N-dealkylation sites (tertiary alicyclic amines) is 1. The number of H-pyrrole nitrogens is 1. The van der Waals surface area contributed by atoms with Crippen LogP contribution >= 0.6 is 0 Å². The van der Waals surface area contributed by atoms with Crippen molar-refractivity contribution in [2.24, 2.45) is 0 Å². The molecule has 5 rings (SSSR count). The van der Waals surface area contributed by atoms with Gasteiger partial charge in [0, 0.05) is 37.5 Å². The van der Waals surface area contributed by atoms with Crippen LogP contribution in [0.2, 0.25) is 0 Å². The van der Waals surface area contributed by atoms with Gasteiger partial charge in [-0.2, -0.15) is 0 Å². The van der Waals surface area contributed by atoms with Gasteiger partial charge in [0.25, 0.3) is 5.56 Å². The van der Waals surface area contributed by atoms with Crippen LogP contribution in [-0.4, -0.2) is 43.8 Å². The number of aryl methyl sites for hydroxylation is 3. The number of nitrogens with one attached hydrogen (secondary N) is 1. The minimum absolute atomic E-state index is 0.0460. The molecule has 0 radical (unpaired) electrons. The molecule has 7 heteroatoms. The monoisotopic (exact) mass is 403 g/mol. The summed E-state index contributed by atoms with van der Waals surface area (Å²) in [4.78, 5) is 43.7. The third-order valence-electron chi connectivity index (χ3n) is 6.54. The van der Waals surface area contributed by atoms with Gasteiger partial charge in [-0.25, -0.2) is 15.0 Å². The number of piperidine rings is 1. The van der Waals surface area contributed by atoms with E-state index in [-0.39, 0.29) is 16.9 Å². The van der Waals surface area contributed by atoms with E-state index >= 15 is 0 Å². The van der Waals surface area contributed by atoms with Crippen LogP contribution in [-0.2, 0) is 23.1 Å². The highest BCUT2D eigenvalue weighted by Gasteiger charge is 2.44. The molecule has 0 bridgehead atoms. The second-order valence-corrected chi connectivity index (χ2v) is 8.52. The highest BCUT2D eigenvalue weighted by Crippen LogP contribution is 2.43. The van der Waals surface area contributed by atoms with Crippen molar-refractivity contribution in [3.8, 4) is 0 Å². The zero-order valence-electron chi connectivity index (χ0n) is 17.1. The molecule has 0 saturated carbocycles. The van der Waals surface area contributed by atoms with Crippen LogP contribution in [0.4, 0.5) is 0 Å². The second kappa shape index (κ2) is 7.31. The van der Waals surface area contributed by atoms with Crippen molar-refractivity contribution in [1.29, 1.82) is 0 Å². The van der Waals surface area contributed by atoms with Crippen LogP contribution < -0.4 is 5.56 Å². The van der Waals surface area contributed by atoms with Gasteiger partial charge in [-0.1, -0.05) is 12.1 Å². The van der Waals surface area contributed by atoms with E-state index in [0.29, 0.717) is 30.6 Å². The van der Waals surface area contributed by atoms with Gasteiger partial charge in [0.2, 0.25) is 5.91 Å². The molecule has 3 heterocycles. The average molecular weight is 403 g/mol. The summed E-state index contributed by atoms with van der Waals surface area (Å²) in [6, 6.07) is 7.45. The Morgan fingerprint density at radius 1 is 1.23 bits per heavy atom. The Balaban J connectivity index is 1.31. The van der Waals surface area contributed by atoms with Crippen molar-refractivity contribution >= 4 is 16.9 Å². The van der Waals surface area contributed by atoms with Gasteiger partial charge in [-0.3, -0.25) is 9.59 Å². The van der Waals surface area contributed by atoms with Crippen molar-refractivity contribution in [2.75, 3.05) is 13.1 Å². The summed E-state index contributed by atoms with van der Waals surface area (Å²) in [6.07, 6.45) is 6.63. The second-order valence-electron chi connectivity index (χ2n) is 8.52. The molecule has 1 saturated heterocycles. The first-order valence-corrected chi connectivity index (χ1v) is 10.6. The number of aromatic amines is 1. The van der Waals surface area contributed by atoms with E-state index in [4.69, 9.17) is 4.98 Å². The largest absolute Gasteiger partial charge is 0.342 e. The van der Waals surface area contributed by atoms with E-state index in [0.717, 1.165) is 49.3 Å². The number of para-hydroxylation sites is 2. The predicted octanol–water partition coefficient (Wildman–Crippen LogP) is 2.46. The lowest BCUT2D eigenvalue weighted by atomic mass is 9.77. The fourth-order valence-electron chi connectivity index (χ4n) is 4.99. The number of carbonyl (C=O) groups is 1. The molecule has 1 N–H and O–H groups in total. The number of benzene rings is 1. The van der Waals surface area contributed by atoms with Crippen LogP contribution in [0.1, 0.15) is 48.5 Å². The summed E-state index contributed by atoms with van der Waals surface area (Å²) in [6.45, 7) is 3.39. The number of nitrogens with zero attached hydrogens (tertiary/aromatic N) is 4. The van der Waals surface area contributed by atoms with E-state index < -0.39 is 0 Å². The number of carbonyl (C=O) groups excluding carboxylic acids is 1. The topological polar surface area (TPSA) is 91.8 Å². The number of aromatic nitrogens is 4. The molecule has 1 atom stereocenters. The molecule has 1 unspecified atom stereocenters. The van der Waals surface area contributed by atoms with Crippen LogP contribution in [0.3, 0.4) is 0 Å². The Morgan fingerprint density at radius 2 is 2.10 bits per heavy atom. The van der Waals surface area contributed by atoms with Crippen LogP contribution in [0.25, 0.3) is 11.0 Å². The summed E-state index contributed by atoms with van der Waals surface area (Å²) < 4.78 is 0. The number of rotatable bonds is 3. The number of hydrogen-bond acceptors (Lipinski definition) is 5. The van der Waals surface area contributed by atoms with E-state index in [1.807, 2.05) is 42.3 Å². The maximum absolute atomic E-state index is 13.0. The molecule has 1 amide bonds. The molecule has 7 nitrogen and oxygen atoms in total. The SMILES string of the molecule is Cc1ncc2c(n1)C1(CCCN(C(=O)CCc3nc4ccccc4[nH]c3=O)C1)CC2. The first-order valence-electron chi connectivity index (χ1n) is 10.6. The van der Waals surface area contributed by atoms with Crippen molar-refractivity contribution in [2.45, 2.75) is 50.9 Å². The van der Waals surface area contributed by atoms with Crippen molar-refractivity contribution in [1.82, 2.24) is 24.8 Å². The molecule has 2 aliphatic rings. The highest BCUT2D eigenvalue weighted by molar-refractivity contribution is 5.77. The van der Waals surface area contributed by atoms with Gasteiger partial charge < -0.3 is 9.88 Å². The fourth-order valence-corrected chi connectivity index (χ4v) is 4.99. The number of hydrogen-bond donors (Lipinski definition) is 1. The Kier molecular flexibility index (Phi) is 4.60. The van der Waals surface area contributed by atoms with E-state index in [9.17, 15) is 9.59 Å². The molecule has 3 aromatic rings. The molecular formula is C23H25N5O2. The smallest absolute Gasteiger partial charge is 0.270 e. The number of amides is 1. The highest BCUT2D eigenvalue weighted by atomic mass is 16.2. The van der Waals surface area contributed by atoms with Gasteiger partial charge >= 0.3 is 0 Å². The van der Waals surface area contributed by atoms with Crippen LogP contribution in [0.15, 0.2) is 35.3 Å². The van der Waals surface area contributed by atoms with Gasteiger partial charge in [-0.15, -0.1) is 0 Å². The molecular weight excluding hydrogens is 378 g/mol. The van der Waals surface area contributed by atoms with Gasteiger partial charge in [0.1, 0.15) is 11.5 Å². The van der Waals surface area contributed by atoms with E-state index in [1.165, 1.54) is 5.56 Å². The first-order chi connectivity index (χ1) is 14.5. The van der Waals surface area contributed by atoms with Crippen molar-refractivity contribution in [3.05, 3.63) is 63.6 Å². The molecule has 1 aromatic carbocycles. The predicted molar refractivity (Wildman–Crippen MR) is 113 cm³/mol. The lowest BCUT2D eigenvalue weighted by Gasteiger charge is -2.40. The first kappa shape index (κ1) is 18.9. The standard InChI is InChI=1S/C23H25N5O2/c1-15-24-13-16-9-11-23(21(16)25-15)10-4-12-28(14-23)20(29)8-7-19-22(30)27-18-6-3-2-5-17(18)26-19/h2-3,5-6,13H,4,7-12,14H2,1H3,(H,27,30). The lowest BCUT2D eigenvalue weighted by molar-refractivity contribution is -0.133. The van der Waals surface area contributed by atoms with Crippen molar-refractivity contribution < 1.29 is 4.79 Å². The Morgan fingerprint density at radius 3 is 3.00 bits per heavy atom. The van der Waals surface area contributed by atoms with Gasteiger partial charge in [-0.05, 0) is 50.3 Å². The molecule has 1 fully saturated rings. The summed E-state index contributed by atoms with van der Waals surface area (Å²) in [7, 11) is 0. The zero-order chi connectivity index (χ0) is 20.7. The maximum atomic E-state index is 13.0. The van der Waals surface area contributed by atoms with Gasteiger partial charge in [0.15, 0.2) is 0 Å². The maximum Gasteiger partial charge on any atom is 0.270 e. The summed E-state index contributed by atoms with van der Waals surface area (Å²) in [5.74, 6) is 0.878.